The van der Waals surface area contributed by atoms with E-state index in [1.807, 2.05) is 13.8 Å². The highest BCUT2D eigenvalue weighted by Crippen LogP contribution is 2.36. The second-order valence-electron chi connectivity index (χ2n) is 7.90. The molecule has 7 nitrogen and oxygen atoms in total. The number of carbonyl (C=O) groups is 2. The maximum absolute atomic E-state index is 11.9. The molecular weight excluding hydrogens is 542 g/mol. The second-order valence-corrected chi connectivity index (χ2v) is 9.61. The van der Waals surface area contributed by atoms with Crippen molar-refractivity contribution in [3.8, 4) is 0 Å². The van der Waals surface area contributed by atoms with Gasteiger partial charge in [0.1, 0.15) is 5.52 Å². The van der Waals surface area contributed by atoms with Crippen molar-refractivity contribution < 1.29 is 9.59 Å². The molecule has 0 saturated carbocycles. The number of fused-ring (bicyclic) bond motifs is 2. The summed E-state index contributed by atoms with van der Waals surface area (Å²) < 4.78 is 4.83. The van der Waals surface area contributed by atoms with Crippen LogP contribution in [0.3, 0.4) is 0 Å². The lowest BCUT2D eigenvalue weighted by atomic mass is 10.0. The van der Waals surface area contributed by atoms with Crippen LogP contribution in [0.2, 0.25) is 0 Å². The van der Waals surface area contributed by atoms with Gasteiger partial charge < -0.3 is 14.1 Å². The Balaban J connectivity index is 0.000000181. The summed E-state index contributed by atoms with van der Waals surface area (Å²) in [5.74, 6) is -0.0143. The van der Waals surface area contributed by atoms with E-state index in [2.05, 4.69) is 36.8 Å². The number of Topliss-reactive ketones (excluding diaryl/α,β-unsaturated/α-hetero) is 2. The predicted molar refractivity (Wildman–Crippen MR) is 132 cm³/mol. The SMILES string of the molecule is CC(=O)C1=C(C)Cc2c1c(Br)cn(C)c2=O.CC(=O)c1c(C)n(C)c2c(=O)[nH]cc(Br)c12. The Morgan fingerprint density at radius 1 is 1.03 bits per heavy atom. The minimum atomic E-state index is -0.184. The van der Waals surface area contributed by atoms with E-state index in [0.717, 1.165) is 31.3 Å². The molecule has 168 valence electrons. The topological polar surface area (TPSA) is 93.9 Å². The third-order valence-corrected chi connectivity index (χ3v) is 6.95. The summed E-state index contributed by atoms with van der Waals surface area (Å²) >= 11 is 6.78. The Bertz CT molecular complexity index is 1450. The van der Waals surface area contributed by atoms with Gasteiger partial charge in [-0.3, -0.25) is 19.2 Å². The molecular formula is C23H23Br2N3O4. The molecule has 0 aromatic carbocycles. The molecule has 0 atom stereocenters. The van der Waals surface area contributed by atoms with Gasteiger partial charge in [-0.1, -0.05) is 5.57 Å². The fraction of sp³-hybridized carbons (Fsp3) is 0.304. The number of nitrogens with zero attached hydrogens (tertiary/aromatic N) is 2. The third-order valence-electron chi connectivity index (χ3n) is 5.72. The van der Waals surface area contributed by atoms with E-state index in [-0.39, 0.29) is 22.7 Å². The lowest BCUT2D eigenvalue weighted by Crippen LogP contribution is -2.21. The molecule has 0 fully saturated rings. The Kier molecular flexibility index (Phi) is 6.62. The van der Waals surface area contributed by atoms with E-state index >= 15 is 0 Å². The molecule has 0 amide bonds. The molecule has 4 rings (SSSR count). The Morgan fingerprint density at radius 2 is 1.66 bits per heavy atom. The molecule has 0 spiro atoms. The van der Waals surface area contributed by atoms with Gasteiger partial charge in [0.25, 0.3) is 11.1 Å². The third kappa shape index (κ3) is 3.88. The molecule has 1 N–H and O–H groups in total. The van der Waals surface area contributed by atoms with Crippen LogP contribution in [0.25, 0.3) is 16.5 Å². The standard InChI is InChI=1S/C12H12BrNO2.C11H11BrN2O2/c1-6-4-8-11(10(6)7(2)15)9(13)5-14(3)12(8)16;1-5-8(6(2)15)9-7(12)4-13-11(16)10(9)14(5)3/h5H,4H2,1-3H3;4H,1-3H3,(H,13,16). The van der Waals surface area contributed by atoms with Crippen LogP contribution in [-0.2, 0) is 25.3 Å². The van der Waals surface area contributed by atoms with Crippen LogP contribution in [0.1, 0.15) is 48.0 Å². The number of aromatic amines is 1. The quantitative estimate of drug-likeness (QED) is 0.472. The summed E-state index contributed by atoms with van der Waals surface area (Å²) in [6, 6.07) is 0. The first-order valence-corrected chi connectivity index (χ1v) is 11.4. The van der Waals surface area contributed by atoms with E-state index < -0.39 is 0 Å². The normalized spacial score (nSPS) is 12.6. The van der Waals surface area contributed by atoms with Crippen molar-refractivity contribution in [3.63, 3.8) is 0 Å². The van der Waals surface area contributed by atoms with Crippen molar-refractivity contribution >= 4 is 59.9 Å². The summed E-state index contributed by atoms with van der Waals surface area (Å²) in [6.45, 7) is 6.79. The molecule has 3 aromatic rings. The molecule has 32 heavy (non-hydrogen) atoms. The number of aryl methyl sites for hydroxylation is 2. The number of hydrogen-bond donors (Lipinski definition) is 1. The largest absolute Gasteiger partial charge is 0.343 e. The van der Waals surface area contributed by atoms with Crippen molar-refractivity contribution in [1.82, 2.24) is 14.1 Å². The minimum absolute atomic E-state index is 0.0187. The van der Waals surface area contributed by atoms with Gasteiger partial charge in [0.15, 0.2) is 11.6 Å². The highest BCUT2D eigenvalue weighted by molar-refractivity contribution is 9.11. The molecule has 3 heterocycles. The zero-order chi connectivity index (χ0) is 24.1. The van der Waals surface area contributed by atoms with E-state index in [9.17, 15) is 19.2 Å². The fourth-order valence-electron chi connectivity index (χ4n) is 4.24. The van der Waals surface area contributed by atoms with Crippen molar-refractivity contribution in [2.75, 3.05) is 0 Å². The summed E-state index contributed by atoms with van der Waals surface area (Å²) in [5.41, 5.74) is 4.91. The Morgan fingerprint density at radius 3 is 2.22 bits per heavy atom. The highest BCUT2D eigenvalue weighted by atomic mass is 79.9. The Hall–Kier alpha value is -2.52. The van der Waals surface area contributed by atoms with Crippen LogP contribution in [0.4, 0.5) is 0 Å². The number of pyridine rings is 2. The van der Waals surface area contributed by atoms with Gasteiger partial charge >= 0.3 is 0 Å². The number of allylic oxidation sites excluding steroid dienone is 2. The molecule has 0 radical (unpaired) electrons. The van der Waals surface area contributed by atoms with E-state index in [0.29, 0.717) is 28.5 Å². The molecule has 0 aliphatic heterocycles. The van der Waals surface area contributed by atoms with E-state index in [1.165, 1.54) is 13.8 Å². The van der Waals surface area contributed by atoms with Crippen LogP contribution in [0, 0.1) is 6.92 Å². The van der Waals surface area contributed by atoms with Crippen molar-refractivity contribution in [3.05, 3.63) is 70.0 Å². The first-order valence-electron chi connectivity index (χ1n) is 9.84. The van der Waals surface area contributed by atoms with Crippen LogP contribution in [0.5, 0.6) is 0 Å². The monoisotopic (exact) mass is 563 g/mol. The summed E-state index contributed by atoms with van der Waals surface area (Å²) in [6.07, 6.45) is 3.86. The van der Waals surface area contributed by atoms with E-state index in [1.54, 1.807) is 35.6 Å². The fourth-order valence-corrected chi connectivity index (χ4v) is 5.48. The molecule has 0 saturated heterocycles. The van der Waals surface area contributed by atoms with Crippen molar-refractivity contribution in [1.29, 1.82) is 0 Å². The second kappa shape index (κ2) is 8.78. The van der Waals surface area contributed by atoms with Crippen molar-refractivity contribution in [2.24, 2.45) is 14.1 Å². The average molecular weight is 565 g/mol. The van der Waals surface area contributed by atoms with Gasteiger partial charge in [0.2, 0.25) is 0 Å². The van der Waals surface area contributed by atoms with E-state index in [4.69, 9.17) is 0 Å². The Labute approximate surface area is 201 Å². The maximum Gasteiger partial charge on any atom is 0.272 e. The number of halogens is 2. The van der Waals surface area contributed by atoms with Gasteiger partial charge in [0.05, 0.1) is 0 Å². The van der Waals surface area contributed by atoms with Crippen LogP contribution >= 0.6 is 31.9 Å². The lowest BCUT2D eigenvalue weighted by Gasteiger charge is -2.07. The first kappa shape index (κ1) is 24.1. The number of hydrogen-bond acceptors (Lipinski definition) is 4. The number of aromatic nitrogens is 3. The molecule has 0 unspecified atom stereocenters. The number of ketones is 2. The van der Waals surface area contributed by atoms with Gasteiger partial charge in [-0.2, -0.15) is 0 Å². The van der Waals surface area contributed by atoms with Gasteiger partial charge in [-0.15, -0.1) is 0 Å². The lowest BCUT2D eigenvalue weighted by molar-refractivity contribution is -0.111. The number of rotatable bonds is 2. The molecule has 0 bridgehead atoms. The van der Waals surface area contributed by atoms with Crippen LogP contribution in [-0.4, -0.2) is 25.7 Å². The first-order chi connectivity index (χ1) is 14.9. The van der Waals surface area contributed by atoms with Crippen molar-refractivity contribution in [2.45, 2.75) is 34.1 Å². The van der Waals surface area contributed by atoms with Gasteiger partial charge in [0, 0.05) is 75.2 Å². The highest BCUT2D eigenvalue weighted by Gasteiger charge is 2.27. The summed E-state index contributed by atoms with van der Waals surface area (Å²) in [4.78, 5) is 49.5. The minimum Gasteiger partial charge on any atom is -0.343 e. The van der Waals surface area contributed by atoms with Crippen LogP contribution < -0.4 is 11.1 Å². The predicted octanol–water partition coefficient (Wildman–Crippen LogP) is 4.21. The molecule has 9 heteroatoms. The maximum atomic E-state index is 11.9. The number of nitrogens with one attached hydrogen (secondary N) is 1. The zero-order valence-electron chi connectivity index (χ0n) is 18.6. The van der Waals surface area contributed by atoms with Gasteiger partial charge in [-0.25, -0.2) is 0 Å². The zero-order valence-corrected chi connectivity index (χ0v) is 21.8. The summed E-state index contributed by atoms with van der Waals surface area (Å²) in [5, 5.41) is 0.691. The molecule has 1 aliphatic carbocycles. The molecule has 1 aliphatic rings. The molecule has 3 aromatic heterocycles. The number of H-pyrrole nitrogens is 1. The smallest absolute Gasteiger partial charge is 0.272 e. The number of carbonyl (C=O) groups excluding carboxylic acids is 2. The average Bonchev–Trinajstić information content (AvgIpc) is 3.19. The summed E-state index contributed by atoms with van der Waals surface area (Å²) in [7, 11) is 3.50. The van der Waals surface area contributed by atoms with Crippen LogP contribution in [0.15, 0.2) is 36.5 Å². The van der Waals surface area contributed by atoms with Gasteiger partial charge in [-0.05, 0) is 59.6 Å².